The van der Waals surface area contributed by atoms with Gasteiger partial charge in [-0.1, -0.05) is 239 Å². The van der Waals surface area contributed by atoms with Gasteiger partial charge in [0.25, 0.3) is 0 Å². The maximum atomic E-state index is 10.5. The predicted molar refractivity (Wildman–Crippen MR) is 236 cm³/mol. The molecule has 0 aliphatic heterocycles. The van der Waals surface area contributed by atoms with Crippen molar-refractivity contribution in [1.29, 1.82) is 0 Å². The minimum Gasteiger partial charge on any atom is -0.396 e. The van der Waals surface area contributed by atoms with Crippen LogP contribution < -0.4 is 0 Å². The summed E-state index contributed by atoms with van der Waals surface area (Å²) in [6.07, 6.45) is 47.5. The van der Waals surface area contributed by atoms with Gasteiger partial charge in [-0.25, -0.2) is 0 Å². The number of aliphatic hydroxyl groups is 1. The largest absolute Gasteiger partial charge is 0.396 e. The highest BCUT2D eigenvalue weighted by Crippen LogP contribution is 2.38. The highest BCUT2D eigenvalue weighted by Gasteiger charge is 2.41. The zero-order valence-corrected chi connectivity index (χ0v) is 38.2. The van der Waals surface area contributed by atoms with Gasteiger partial charge in [-0.15, -0.1) is 0 Å². The fourth-order valence-electron chi connectivity index (χ4n) is 7.82. The average Bonchev–Trinajstić information content (AvgIpc) is 3.17. The minimum absolute atomic E-state index is 0.200. The molecule has 0 bridgehead atoms. The molecule has 0 aromatic carbocycles. The zero-order valence-electron chi connectivity index (χ0n) is 36.4. The number of hydrogen-bond donors (Lipinski definition) is 5. The quantitative estimate of drug-likeness (QED) is 0.0303. The normalized spacial score (nSPS) is 12.8. The second-order valence-corrected chi connectivity index (χ2v) is 18.3. The molecule has 5 N–H and O–H groups in total. The van der Waals surface area contributed by atoms with Crippen LogP contribution in [0.4, 0.5) is 0 Å². The van der Waals surface area contributed by atoms with E-state index in [1.165, 1.54) is 199 Å². The first-order valence-electron chi connectivity index (χ1n) is 23.8. The summed E-state index contributed by atoms with van der Waals surface area (Å²) in [4.78, 5) is 38.0. The van der Waals surface area contributed by atoms with Crippen LogP contribution in [0.25, 0.3) is 0 Å². The lowest BCUT2D eigenvalue weighted by Crippen LogP contribution is -2.47. The van der Waals surface area contributed by atoms with Crippen LogP contribution in [0.2, 0.25) is 0 Å². The van der Waals surface area contributed by atoms with Gasteiger partial charge >= 0.3 is 17.2 Å². The van der Waals surface area contributed by atoms with Crippen molar-refractivity contribution in [3.63, 3.8) is 0 Å². The van der Waals surface area contributed by atoms with E-state index in [9.17, 15) is 24.7 Å². The van der Waals surface area contributed by atoms with Gasteiger partial charge in [0.15, 0.2) is 0 Å². The van der Waals surface area contributed by atoms with Crippen LogP contribution in [0.1, 0.15) is 251 Å². The van der Waals surface area contributed by atoms with Crippen LogP contribution in [0, 0.1) is 5.41 Å². The molecule has 0 saturated heterocycles. The van der Waals surface area contributed by atoms with Gasteiger partial charge < -0.3 is 38.5 Å². The molecule has 1 atom stereocenters. The van der Waals surface area contributed by atoms with Crippen LogP contribution in [0.3, 0.4) is 0 Å². The highest BCUT2D eigenvalue weighted by molar-refractivity contribution is 7.39. The summed E-state index contributed by atoms with van der Waals surface area (Å²) in [5.41, 5.74) is -1.12. The van der Waals surface area contributed by atoms with Gasteiger partial charge in [0, 0.05) is 6.61 Å². The number of ether oxygens (including phenoxy) is 1. The highest BCUT2D eigenvalue weighted by atomic mass is 31.2. The van der Waals surface area contributed by atoms with Crippen molar-refractivity contribution in [2.24, 2.45) is 5.41 Å². The maximum Gasteiger partial charge on any atom is 0.327 e. The third-order valence-electron chi connectivity index (χ3n) is 11.6. The number of unbranched alkanes of at least 4 members (excludes halogenated alkanes) is 34. The molecule has 0 saturated carbocycles. The molecule has 0 aliphatic rings. The molecule has 0 rings (SSSR count). The van der Waals surface area contributed by atoms with Gasteiger partial charge in [-0.3, -0.25) is 0 Å². The Bertz CT molecular complexity index is 721. The third kappa shape index (κ3) is 38.5. The molecule has 1 unspecified atom stereocenters. The van der Waals surface area contributed by atoms with Crippen molar-refractivity contribution in [3.05, 3.63) is 0 Å². The first kappa shape index (κ1) is 55.5. The summed E-state index contributed by atoms with van der Waals surface area (Å²) in [5.74, 6) is 0. The lowest BCUT2D eigenvalue weighted by Gasteiger charge is -2.38. The van der Waals surface area contributed by atoms with Crippen molar-refractivity contribution in [1.82, 2.24) is 0 Å². The van der Waals surface area contributed by atoms with E-state index in [2.05, 4.69) is 13.8 Å². The van der Waals surface area contributed by atoms with Gasteiger partial charge in [-0.05, 0) is 12.8 Å². The summed E-state index contributed by atoms with van der Waals surface area (Å²) >= 11 is 0. The molecule has 0 aliphatic carbocycles. The van der Waals surface area contributed by atoms with Gasteiger partial charge in [-0.2, -0.15) is 0 Å². The third-order valence-corrected chi connectivity index (χ3v) is 12.3. The second kappa shape index (κ2) is 44.1. The lowest BCUT2D eigenvalue weighted by atomic mass is 9.81. The van der Waals surface area contributed by atoms with Gasteiger partial charge in [0.1, 0.15) is 0 Å². The summed E-state index contributed by atoms with van der Waals surface area (Å²) in [5, 5.41) is 10.5. The van der Waals surface area contributed by atoms with Crippen molar-refractivity contribution in [2.45, 2.75) is 258 Å². The zero-order chi connectivity index (χ0) is 40.3. The standard InChI is InChI=1S/C45H94O8P2/c1-3-5-7-9-11-13-15-17-19-21-23-25-27-29-31-33-35-37-39-44(45(41-46,42-52-54(47)48)43-53-55(49)50)51-40-38-36-34-32-30-28-26-24-22-20-18-16-14-12-10-8-6-4-2/h44,46-50H,3-43H2,1-2H3. The molecule has 10 heteroatoms. The predicted octanol–water partition coefficient (Wildman–Crippen LogP) is 14.3. The van der Waals surface area contributed by atoms with Crippen molar-refractivity contribution < 1.29 is 38.5 Å². The van der Waals surface area contributed by atoms with Crippen molar-refractivity contribution >= 4 is 17.2 Å². The summed E-state index contributed by atoms with van der Waals surface area (Å²) in [6, 6.07) is 0. The maximum absolute atomic E-state index is 10.5. The molecular weight excluding hydrogens is 730 g/mol. The number of hydrogen-bond acceptors (Lipinski definition) is 8. The van der Waals surface area contributed by atoms with E-state index < -0.39 is 28.7 Å². The van der Waals surface area contributed by atoms with E-state index in [1.807, 2.05) is 0 Å². The first-order chi connectivity index (χ1) is 26.9. The molecule has 0 aromatic heterocycles. The number of aliphatic hydroxyl groups excluding tert-OH is 1. The molecule has 8 nitrogen and oxygen atoms in total. The van der Waals surface area contributed by atoms with Crippen molar-refractivity contribution in [3.8, 4) is 0 Å². The van der Waals surface area contributed by atoms with Crippen LogP contribution in [0.15, 0.2) is 0 Å². The average molecular weight is 825 g/mol. The van der Waals surface area contributed by atoms with E-state index >= 15 is 0 Å². The molecule has 55 heavy (non-hydrogen) atoms. The fraction of sp³-hybridized carbons (Fsp3) is 1.00. The first-order valence-corrected chi connectivity index (χ1v) is 26.1. The Morgan fingerprint density at radius 1 is 0.382 bits per heavy atom. The molecule has 0 radical (unpaired) electrons. The smallest absolute Gasteiger partial charge is 0.327 e. The van der Waals surface area contributed by atoms with Crippen LogP contribution in [-0.4, -0.2) is 57.2 Å². The van der Waals surface area contributed by atoms with Crippen LogP contribution in [0.5, 0.6) is 0 Å². The minimum atomic E-state index is -2.64. The Labute approximate surface area is 344 Å². The summed E-state index contributed by atoms with van der Waals surface area (Å²) in [7, 11) is -5.27. The van der Waals surface area contributed by atoms with Crippen LogP contribution >= 0.6 is 17.2 Å². The molecule has 0 spiro atoms. The van der Waals surface area contributed by atoms with Gasteiger partial charge in [0.2, 0.25) is 0 Å². The second-order valence-electron chi connectivity index (χ2n) is 16.7. The van der Waals surface area contributed by atoms with E-state index in [-0.39, 0.29) is 19.8 Å². The summed E-state index contributed by atoms with van der Waals surface area (Å²) in [6.45, 7) is 4.30. The molecular formula is C45H94O8P2. The van der Waals surface area contributed by atoms with Gasteiger partial charge in [0.05, 0.1) is 31.3 Å². The van der Waals surface area contributed by atoms with Crippen molar-refractivity contribution in [2.75, 3.05) is 26.4 Å². The molecule has 332 valence electrons. The Hall–Kier alpha value is 0.540. The Morgan fingerprint density at radius 3 is 0.891 bits per heavy atom. The van der Waals surface area contributed by atoms with Crippen LogP contribution in [-0.2, 0) is 13.8 Å². The molecule has 0 heterocycles. The Balaban J connectivity index is 4.30. The van der Waals surface area contributed by atoms with E-state index in [4.69, 9.17) is 13.8 Å². The monoisotopic (exact) mass is 825 g/mol. The fourth-order valence-corrected chi connectivity index (χ4v) is 8.57. The Morgan fingerprint density at radius 2 is 0.636 bits per heavy atom. The summed E-state index contributed by atoms with van der Waals surface area (Å²) < 4.78 is 16.8. The SMILES string of the molecule is CCCCCCCCCCCCCCCCCCCCOC(CCCCCCCCCCCCCCCCCCCC)C(CO)(COP(O)O)COP(O)O. The van der Waals surface area contributed by atoms with E-state index in [0.717, 1.165) is 32.1 Å². The topological polar surface area (TPSA) is 129 Å². The molecule has 0 fully saturated rings. The number of rotatable bonds is 47. The van der Waals surface area contributed by atoms with E-state index in [0.29, 0.717) is 13.0 Å². The Kier molecular flexibility index (Phi) is 44.5. The molecule has 0 amide bonds. The lowest BCUT2D eigenvalue weighted by molar-refractivity contribution is -0.111. The van der Waals surface area contributed by atoms with E-state index in [1.54, 1.807) is 0 Å². The molecule has 0 aromatic rings.